The molecule has 0 saturated heterocycles. The highest BCUT2D eigenvalue weighted by Gasteiger charge is 2.34. The van der Waals surface area contributed by atoms with Crippen LogP contribution in [0.3, 0.4) is 0 Å². The van der Waals surface area contributed by atoms with Crippen molar-refractivity contribution in [3.8, 4) is 0 Å². The van der Waals surface area contributed by atoms with Gasteiger partial charge in [0.15, 0.2) is 0 Å². The first-order valence-electron chi connectivity index (χ1n) is 8.15. The number of ether oxygens (including phenoxy) is 1. The van der Waals surface area contributed by atoms with Crippen LogP contribution in [0.15, 0.2) is 0 Å². The molecule has 0 radical (unpaired) electrons. The lowest BCUT2D eigenvalue weighted by Crippen LogP contribution is -2.47. The van der Waals surface area contributed by atoms with Crippen LogP contribution >= 0.6 is 12.4 Å². The summed E-state index contributed by atoms with van der Waals surface area (Å²) in [6.45, 7) is 8.44. The Morgan fingerprint density at radius 3 is 2.48 bits per heavy atom. The summed E-state index contributed by atoms with van der Waals surface area (Å²) in [4.78, 5) is 12.1. The highest BCUT2D eigenvalue weighted by Crippen LogP contribution is 2.40. The maximum absolute atomic E-state index is 12.1. The molecule has 2 unspecified atom stereocenters. The average Bonchev–Trinajstić information content (AvgIpc) is 2.92. The van der Waals surface area contributed by atoms with E-state index in [0.29, 0.717) is 0 Å². The molecule has 4 nitrogen and oxygen atoms in total. The van der Waals surface area contributed by atoms with Crippen molar-refractivity contribution >= 4 is 18.3 Å². The van der Waals surface area contributed by atoms with Crippen LogP contribution in [-0.2, 0) is 9.53 Å². The largest absolute Gasteiger partial charge is 0.382 e. The zero-order valence-corrected chi connectivity index (χ0v) is 14.6. The number of nitrogens with one attached hydrogen (secondary N) is 1. The number of rotatable bonds is 9. The van der Waals surface area contributed by atoms with Gasteiger partial charge in [0.25, 0.3) is 0 Å². The Bertz CT molecular complexity index is 294. The Hall–Kier alpha value is -0.320. The van der Waals surface area contributed by atoms with Gasteiger partial charge in [-0.05, 0) is 37.5 Å². The molecule has 3 N–H and O–H groups in total. The van der Waals surface area contributed by atoms with Gasteiger partial charge in [-0.2, -0.15) is 0 Å². The highest BCUT2D eigenvalue weighted by atomic mass is 35.5. The summed E-state index contributed by atoms with van der Waals surface area (Å²) >= 11 is 0. The van der Waals surface area contributed by atoms with E-state index >= 15 is 0 Å². The minimum absolute atomic E-state index is 0. The van der Waals surface area contributed by atoms with Gasteiger partial charge in [0.1, 0.15) is 0 Å². The van der Waals surface area contributed by atoms with Gasteiger partial charge >= 0.3 is 0 Å². The predicted octanol–water partition coefficient (Wildman–Crippen LogP) is 2.88. The number of nitrogens with two attached hydrogens (primary N) is 1. The van der Waals surface area contributed by atoms with E-state index in [0.717, 1.165) is 32.6 Å². The summed E-state index contributed by atoms with van der Waals surface area (Å²) in [6.07, 6.45) is 6.89. The first-order valence-corrected chi connectivity index (χ1v) is 8.15. The van der Waals surface area contributed by atoms with Gasteiger partial charge in [-0.1, -0.05) is 33.1 Å². The van der Waals surface area contributed by atoms with Crippen LogP contribution in [0.25, 0.3) is 0 Å². The zero-order valence-electron chi connectivity index (χ0n) is 13.8. The molecule has 21 heavy (non-hydrogen) atoms. The van der Waals surface area contributed by atoms with Crippen LogP contribution in [0.4, 0.5) is 0 Å². The van der Waals surface area contributed by atoms with E-state index in [-0.39, 0.29) is 35.7 Å². The molecule has 0 heterocycles. The number of halogens is 1. The van der Waals surface area contributed by atoms with Crippen molar-refractivity contribution in [2.24, 2.45) is 17.1 Å². The van der Waals surface area contributed by atoms with Crippen LogP contribution in [-0.4, -0.2) is 31.7 Å². The zero-order chi connectivity index (χ0) is 15.0. The van der Waals surface area contributed by atoms with Crippen LogP contribution in [0.1, 0.15) is 59.3 Å². The Morgan fingerprint density at radius 1 is 1.33 bits per heavy atom. The molecule has 0 aromatic heterocycles. The maximum atomic E-state index is 12.1. The fraction of sp³-hybridized carbons (Fsp3) is 0.938. The van der Waals surface area contributed by atoms with E-state index in [2.05, 4.69) is 12.2 Å². The molecule has 1 aliphatic rings. The number of carbonyl (C=O) groups is 1. The molecule has 0 aromatic carbocycles. The lowest BCUT2D eigenvalue weighted by Gasteiger charge is -2.30. The molecule has 0 spiro atoms. The van der Waals surface area contributed by atoms with Crippen molar-refractivity contribution in [3.05, 3.63) is 0 Å². The third-order valence-corrected chi connectivity index (χ3v) is 4.84. The maximum Gasteiger partial charge on any atom is 0.237 e. The topological polar surface area (TPSA) is 64.3 Å². The number of amides is 1. The smallest absolute Gasteiger partial charge is 0.237 e. The molecule has 1 aliphatic carbocycles. The van der Waals surface area contributed by atoms with Crippen molar-refractivity contribution in [1.29, 1.82) is 0 Å². The summed E-state index contributed by atoms with van der Waals surface area (Å²) in [7, 11) is 0. The number of hydrogen-bond donors (Lipinski definition) is 2. The van der Waals surface area contributed by atoms with E-state index in [4.69, 9.17) is 10.5 Å². The number of carbonyl (C=O) groups excluding carboxylic acids is 1. The lowest BCUT2D eigenvalue weighted by molar-refractivity contribution is -0.124. The molecule has 0 bridgehead atoms. The fourth-order valence-electron chi connectivity index (χ4n) is 2.98. The Kier molecular flexibility index (Phi) is 10.3. The van der Waals surface area contributed by atoms with Crippen molar-refractivity contribution in [3.63, 3.8) is 0 Å². The van der Waals surface area contributed by atoms with E-state index in [9.17, 15) is 4.79 Å². The quantitative estimate of drug-likeness (QED) is 0.642. The fourth-order valence-corrected chi connectivity index (χ4v) is 2.98. The van der Waals surface area contributed by atoms with E-state index < -0.39 is 0 Å². The van der Waals surface area contributed by atoms with Gasteiger partial charge in [-0.15, -0.1) is 12.4 Å². The van der Waals surface area contributed by atoms with Crippen LogP contribution in [0.2, 0.25) is 0 Å². The van der Waals surface area contributed by atoms with Gasteiger partial charge in [0, 0.05) is 19.8 Å². The predicted molar refractivity (Wildman–Crippen MR) is 89.7 cm³/mol. The van der Waals surface area contributed by atoms with Gasteiger partial charge < -0.3 is 15.8 Å². The molecule has 1 saturated carbocycles. The van der Waals surface area contributed by atoms with Gasteiger partial charge in [-0.3, -0.25) is 4.79 Å². The van der Waals surface area contributed by atoms with Gasteiger partial charge in [0.05, 0.1) is 6.04 Å². The summed E-state index contributed by atoms with van der Waals surface area (Å²) < 4.78 is 5.49. The molecule has 2 atom stereocenters. The highest BCUT2D eigenvalue weighted by molar-refractivity contribution is 5.85. The Balaban J connectivity index is 0.00000400. The Labute approximate surface area is 136 Å². The third kappa shape index (κ3) is 6.54. The molecule has 1 fully saturated rings. The molecule has 126 valence electrons. The average molecular weight is 321 g/mol. The monoisotopic (exact) mass is 320 g/mol. The molecular formula is C16H33ClN2O2. The normalized spacial score (nSPS) is 19.6. The summed E-state index contributed by atoms with van der Waals surface area (Å²) in [5.41, 5.74) is 6.22. The van der Waals surface area contributed by atoms with Gasteiger partial charge in [0.2, 0.25) is 5.91 Å². The second-order valence-electron chi connectivity index (χ2n) is 6.28. The van der Waals surface area contributed by atoms with E-state index in [1.54, 1.807) is 0 Å². The second-order valence-corrected chi connectivity index (χ2v) is 6.28. The molecule has 0 aliphatic heterocycles. The second kappa shape index (κ2) is 10.4. The molecule has 5 heteroatoms. The first kappa shape index (κ1) is 20.7. The van der Waals surface area contributed by atoms with E-state index in [1.165, 1.54) is 25.7 Å². The molecular weight excluding hydrogens is 288 g/mol. The summed E-state index contributed by atoms with van der Waals surface area (Å²) in [5.74, 6) is 0.236. The molecule has 0 aromatic rings. The van der Waals surface area contributed by atoms with Crippen LogP contribution in [0.5, 0.6) is 0 Å². The minimum atomic E-state index is -0.384. The lowest BCUT2D eigenvalue weighted by atomic mass is 9.82. The third-order valence-electron chi connectivity index (χ3n) is 4.84. The minimum Gasteiger partial charge on any atom is -0.382 e. The van der Waals surface area contributed by atoms with Crippen molar-refractivity contribution in [1.82, 2.24) is 5.32 Å². The molecule has 1 amide bonds. The molecule has 1 rings (SSSR count). The van der Waals surface area contributed by atoms with Crippen molar-refractivity contribution < 1.29 is 9.53 Å². The van der Waals surface area contributed by atoms with E-state index in [1.807, 2.05) is 13.8 Å². The SMILES string of the molecule is CCOCCC1(CNC(=O)C(N)C(C)CC)CCCC1.Cl. The van der Waals surface area contributed by atoms with Crippen LogP contribution < -0.4 is 11.1 Å². The number of hydrogen-bond acceptors (Lipinski definition) is 3. The first-order chi connectivity index (χ1) is 9.54. The summed E-state index contributed by atoms with van der Waals surface area (Å²) in [5, 5.41) is 3.09. The summed E-state index contributed by atoms with van der Waals surface area (Å²) in [6, 6.07) is -0.384. The Morgan fingerprint density at radius 2 is 1.95 bits per heavy atom. The van der Waals surface area contributed by atoms with Crippen molar-refractivity contribution in [2.75, 3.05) is 19.8 Å². The van der Waals surface area contributed by atoms with Gasteiger partial charge in [-0.25, -0.2) is 0 Å². The van der Waals surface area contributed by atoms with Crippen LogP contribution in [0, 0.1) is 11.3 Å². The standard InChI is InChI=1S/C16H32N2O2.ClH/c1-4-13(3)14(17)15(19)18-12-16(8-6-7-9-16)10-11-20-5-2;/h13-14H,4-12,17H2,1-3H3,(H,18,19);1H. The van der Waals surface area contributed by atoms with Crippen molar-refractivity contribution in [2.45, 2.75) is 65.3 Å².